The first-order chi connectivity index (χ1) is 14.2. The monoisotopic (exact) mass is 401 g/mol. The number of benzene rings is 2. The number of hydrazone groups is 1. The number of hydrogen-bond donors (Lipinski definition) is 1. The molecule has 5 nitrogen and oxygen atoms in total. The van der Waals surface area contributed by atoms with Gasteiger partial charge in [-0.1, -0.05) is 48.0 Å². The summed E-state index contributed by atoms with van der Waals surface area (Å²) in [5, 5.41) is 9.85. The number of anilines is 1. The molecule has 2 aromatic carbocycles. The molecule has 0 fully saturated rings. The number of hydrogen-bond acceptors (Lipinski definition) is 4. The van der Waals surface area contributed by atoms with Gasteiger partial charge in [-0.15, -0.1) is 0 Å². The molecule has 0 aliphatic carbocycles. The lowest BCUT2D eigenvalue weighted by atomic mass is 10.1. The van der Waals surface area contributed by atoms with Gasteiger partial charge < -0.3 is 0 Å². The summed E-state index contributed by atoms with van der Waals surface area (Å²) in [5.74, 6) is 0. The summed E-state index contributed by atoms with van der Waals surface area (Å²) in [5.41, 5.74) is 8.76. The molecule has 0 aliphatic heterocycles. The molecule has 2 heterocycles. The molecule has 29 heavy (non-hydrogen) atoms. The van der Waals surface area contributed by atoms with Crippen molar-refractivity contribution in [3.05, 3.63) is 101 Å². The van der Waals surface area contributed by atoms with Crippen molar-refractivity contribution in [3.8, 4) is 11.3 Å². The van der Waals surface area contributed by atoms with E-state index in [4.69, 9.17) is 16.7 Å². The predicted molar refractivity (Wildman–Crippen MR) is 118 cm³/mol. The lowest BCUT2D eigenvalue weighted by Crippen LogP contribution is -2.00. The van der Waals surface area contributed by atoms with E-state index < -0.39 is 0 Å². The standard InChI is InChI=1S/C23H20ClN5/c1-17-9-10-21(12-22(17)24)27-26-14-20-16-29(15-18-6-3-2-4-7-18)28-23(20)19-8-5-11-25-13-19/h2-14,16,27H,15H2,1H3/b26-14-. The van der Waals surface area contributed by atoms with Crippen molar-refractivity contribution in [2.45, 2.75) is 13.5 Å². The summed E-state index contributed by atoms with van der Waals surface area (Å²) in [7, 11) is 0. The highest BCUT2D eigenvalue weighted by Crippen LogP contribution is 2.22. The second-order valence-electron chi connectivity index (χ2n) is 6.69. The minimum atomic E-state index is 0.683. The summed E-state index contributed by atoms with van der Waals surface area (Å²) < 4.78 is 1.92. The molecule has 0 radical (unpaired) electrons. The van der Waals surface area contributed by atoms with Crippen LogP contribution in [0.4, 0.5) is 5.69 Å². The number of nitrogens with zero attached hydrogens (tertiary/aromatic N) is 4. The maximum atomic E-state index is 6.18. The lowest BCUT2D eigenvalue weighted by Gasteiger charge is -2.02. The molecule has 6 heteroatoms. The SMILES string of the molecule is Cc1ccc(N/N=C\c2cn(Cc3ccccc3)nc2-c2cccnc2)cc1Cl. The van der Waals surface area contributed by atoms with Crippen molar-refractivity contribution in [1.82, 2.24) is 14.8 Å². The second kappa shape index (κ2) is 8.71. The van der Waals surface area contributed by atoms with Crippen LogP contribution in [-0.4, -0.2) is 21.0 Å². The van der Waals surface area contributed by atoms with E-state index in [1.807, 2.05) is 66.3 Å². The molecule has 2 aromatic heterocycles. The quantitative estimate of drug-likeness (QED) is 0.347. The van der Waals surface area contributed by atoms with Crippen molar-refractivity contribution >= 4 is 23.5 Å². The Morgan fingerprint density at radius 2 is 1.97 bits per heavy atom. The molecule has 0 saturated heterocycles. The maximum absolute atomic E-state index is 6.18. The number of aromatic nitrogens is 3. The van der Waals surface area contributed by atoms with E-state index in [1.54, 1.807) is 18.6 Å². The number of nitrogens with one attached hydrogen (secondary N) is 1. The van der Waals surface area contributed by atoms with E-state index in [-0.39, 0.29) is 0 Å². The van der Waals surface area contributed by atoms with Crippen molar-refractivity contribution in [3.63, 3.8) is 0 Å². The highest BCUT2D eigenvalue weighted by atomic mass is 35.5. The summed E-state index contributed by atoms with van der Waals surface area (Å²) in [6, 6.07) is 19.9. The Hall–Kier alpha value is -3.44. The Kier molecular flexibility index (Phi) is 5.68. The van der Waals surface area contributed by atoms with Gasteiger partial charge in [-0.3, -0.25) is 15.1 Å². The van der Waals surface area contributed by atoms with E-state index >= 15 is 0 Å². The van der Waals surface area contributed by atoms with Crippen LogP contribution in [0.5, 0.6) is 0 Å². The third-order valence-electron chi connectivity index (χ3n) is 4.48. The fraction of sp³-hybridized carbons (Fsp3) is 0.0870. The zero-order chi connectivity index (χ0) is 20.1. The summed E-state index contributed by atoms with van der Waals surface area (Å²) >= 11 is 6.18. The molecule has 0 bridgehead atoms. The van der Waals surface area contributed by atoms with Crippen LogP contribution in [0.25, 0.3) is 11.3 Å². The fourth-order valence-corrected chi connectivity index (χ4v) is 3.13. The van der Waals surface area contributed by atoms with Gasteiger partial charge in [-0.2, -0.15) is 10.2 Å². The van der Waals surface area contributed by atoms with Crippen LogP contribution in [0.3, 0.4) is 0 Å². The molecule has 1 N–H and O–H groups in total. The zero-order valence-electron chi connectivity index (χ0n) is 16.0. The van der Waals surface area contributed by atoms with Crippen LogP contribution in [0.2, 0.25) is 5.02 Å². The van der Waals surface area contributed by atoms with Gasteiger partial charge in [0, 0.05) is 34.7 Å². The highest BCUT2D eigenvalue weighted by Gasteiger charge is 2.10. The molecule has 0 atom stereocenters. The van der Waals surface area contributed by atoms with Crippen molar-refractivity contribution in [2.24, 2.45) is 5.10 Å². The van der Waals surface area contributed by atoms with Crippen molar-refractivity contribution < 1.29 is 0 Å². The average molecular weight is 402 g/mol. The number of aryl methyl sites for hydroxylation is 1. The van der Waals surface area contributed by atoms with Gasteiger partial charge in [0.15, 0.2) is 0 Å². The Labute approximate surface area is 174 Å². The molecule has 144 valence electrons. The first-order valence-corrected chi connectivity index (χ1v) is 9.64. The summed E-state index contributed by atoms with van der Waals surface area (Å²) in [6.07, 6.45) is 7.31. The number of pyridine rings is 1. The van der Waals surface area contributed by atoms with Crippen LogP contribution in [0.1, 0.15) is 16.7 Å². The normalized spacial score (nSPS) is 11.1. The number of rotatable bonds is 6. The predicted octanol–water partition coefficient (Wildman–Crippen LogP) is 5.40. The van der Waals surface area contributed by atoms with Gasteiger partial charge in [0.25, 0.3) is 0 Å². The van der Waals surface area contributed by atoms with E-state index in [1.165, 1.54) is 5.56 Å². The first kappa shape index (κ1) is 18.9. The van der Waals surface area contributed by atoms with Gasteiger partial charge in [0.2, 0.25) is 0 Å². The van der Waals surface area contributed by atoms with E-state index in [0.29, 0.717) is 11.6 Å². The summed E-state index contributed by atoms with van der Waals surface area (Å²) in [4.78, 5) is 4.22. The molecule has 0 unspecified atom stereocenters. The Morgan fingerprint density at radius 3 is 2.72 bits per heavy atom. The van der Waals surface area contributed by atoms with Crippen LogP contribution < -0.4 is 5.43 Å². The van der Waals surface area contributed by atoms with Gasteiger partial charge in [0.1, 0.15) is 5.69 Å². The van der Waals surface area contributed by atoms with Crippen LogP contribution in [0, 0.1) is 6.92 Å². The van der Waals surface area contributed by atoms with Crippen molar-refractivity contribution in [2.75, 3.05) is 5.43 Å². The highest BCUT2D eigenvalue weighted by molar-refractivity contribution is 6.31. The Balaban J connectivity index is 1.60. The average Bonchev–Trinajstić information content (AvgIpc) is 3.14. The molecule has 4 aromatic rings. The second-order valence-corrected chi connectivity index (χ2v) is 7.10. The molecule has 0 amide bonds. The zero-order valence-corrected chi connectivity index (χ0v) is 16.7. The lowest BCUT2D eigenvalue weighted by molar-refractivity contribution is 0.689. The smallest absolute Gasteiger partial charge is 0.103 e. The third-order valence-corrected chi connectivity index (χ3v) is 4.89. The number of halogens is 1. The summed E-state index contributed by atoms with van der Waals surface area (Å²) in [6.45, 7) is 2.65. The Morgan fingerprint density at radius 1 is 1.10 bits per heavy atom. The minimum absolute atomic E-state index is 0.683. The van der Waals surface area contributed by atoms with Crippen molar-refractivity contribution in [1.29, 1.82) is 0 Å². The van der Waals surface area contributed by atoms with Gasteiger partial charge >= 0.3 is 0 Å². The van der Waals surface area contributed by atoms with Gasteiger partial charge in [-0.25, -0.2) is 0 Å². The van der Waals surface area contributed by atoms with Gasteiger partial charge in [0.05, 0.1) is 18.4 Å². The Bertz CT molecular complexity index is 1120. The molecule has 0 saturated carbocycles. The molecule has 0 spiro atoms. The molecular weight excluding hydrogens is 382 g/mol. The fourth-order valence-electron chi connectivity index (χ4n) is 2.95. The third kappa shape index (κ3) is 4.70. The van der Waals surface area contributed by atoms with Crippen LogP contribution in [0.15, 0.2) is 84.4 Å². The molecule has 4 rings (SSSR count). The first-order valence-electron chi connectivity index (χ1n) is 9.26. The maximum Gasteiger partial charge on any atom is 0.103 e. The van der Waals surface area contributed by atoms with Crippen LogP contribution >= 0.6 is 11.6 Å². The van der Waals surface area contributed by atoms with E-state index in [2.05, 4.69) is 27.6 Å². The van der Waals surface area contributed by atoms with Crippen LogP contribution in [-0.2, 0) is 6.54 Å². The van der Waals surface area contributed by atoms with Gasteiger partial charge in [-0.05, 0) is 42.3 Å². The van der Waals surface area contributed by atoms with E-state index in [0.717, 1.165) is 28.1 Å². The molecule has 0 aliphatic rings. The molecular formula is C23H20ClN5. The van der Waals surface area contributed by atoms with E-state index in [9.17, 15) is 0 Å². The topological polar surface area (TPSA) is 55.1 Å². The minimum Gasteiger partial charge on any atom is -0.278 e. The largest absolute Gasteiger partial charge is 0.278 e.